The molecule has 6 heteroatoms. The number of hydrogen-bond donors (Lipinski definition) is 1. The van der Waals surface area contributed by atoms with E-state index in [-0.39, 0.29) is 17.5 Å². The van der Waals surface area contributed by atoms with E-state index >= 15 is 0 Å². The van der Waals surface area contributed by atoms with Crippen LogP contribution < -0.4 is 5.73 Å². The largest absolute Gasteiger partial charge is 0.367 e. The van der Waals surface area contributed by atoms with Crippen molar-refractivity contribution in [3.8, 4) is 22.4 Å². The molecular formula is C15H9F2IN2O. The van der Waals surface area contributed by atoms with Gasteiger partial charge in [0.25, 0.3) is 0 Å². The molecule has 106 valence electrons. The highest BCUT2D eigenvalue weighted by molar-refractivity contribution is 14.1. The summed E-state index contributed by atoms with van der Waals surface area (Å²) in [5.41, 5.74) is 8.29. The summed E-state index contributed by atoms with van der Waals surface area (Å²) in [6, 6.07) is 10.2. The number of aromatic nitrogens is 1. The highest BCUT2D eigenvalue weighted by atomic mass is 127. The summed E-state index contributed by atoms with van der Waals surface area (Å²) in [6.07, 6.45) is 0. The first-order chi connectivity index (χ1) is 10.1. The van der Waals surface area contributed by atoms with Crippen LogP contribution in [0.2, 0.25) is 0 Å². The molecule has 0 atom stereocenters. The molecule has 0 fully saturated rings. The zero-order chi connectivity index (χ0) is 15.0. The Morgan fingerprint density at radius 2 is 1.67 bits per heavy atom. The number of halogens is 3. The molecule has 0 aliphatic heterocycles. The Bertz CT molecular complexity index is 800. The zero-order valence-electron chi connectivity index (χ0n) is 10.6. The second-order valence-corrected chi connectivity index (χ2v) is 5.56. The Hall–Kier alpha value is -1.96. The normalized spacial score (nSPS) is 10.8. The fourth-order valence-electron chi connectivity index (χ4n) is 2.06. The Morgan fingerprint density at radius 1 is 1.00 bits per heavy atom. The van der Waals surface area contributed by atoms with Crippen molar-refractivity contribution in [3.63, 3.8) is 0 Å². The van der Waals surface area contributed by atoms with Crippen molar-refractivity contribution in [1.29, 1.82) is 0 Å². The van der Waals surface area contributed by atoms with Gasteiger partial charge in [0, 0.05) is 9.13 Å². The Labute approximate surface area is 132 Å². The first kappa shape index (κ1) is 14.0. The minimum atomic E-state index is -0.341. The third-order valence-corrected chi connectivity index (χ3v) is 3.93. The van der Waals surface area contributed by atoms with Crippen LogP contribution in [0.15, 0.2) is 47.0 Å². The fraction of sp³-hybridized carbons (Fsp3) is 0. The average Bonchev–Trinajstić information content (AvgIpc) is 2.82. The molecule has 2 aromatic carbocycles. The molecule has 0 spiro atoms. The summed E-state index contributed by atoms with van der Waals surface area (Å²) >= 11 is 2.02. The van der Waals surface area contributed by atoms with Gasteiger partial charge in [0.2, 0.25) is 5.88 Å². The minimum Gasteiger partial charge on any atom is -0.367 e. The first-order valence-electron chi connectivity index (χ1n) is 6.03. The molecule has 0 saturated carbocycles. The molecule has 0 bridgehead atoms. The lowest BCUT2D eigenvalue weighted by atomic mass is 10.0. The van der Waals surface area contributed by atoms with Gasteiger partial charge in [0.1, 0.15) is 17.3 Å². The van der Waals surface area contributed by atoms with Crippen molar-refractivity contribution in [3.05, 3.63) is 57.7 Å². The number of rotatable bonds is 2. The van der Waals surface area contributed by atoms with Gasteiger partial charge in [-0.2, -0.15) is 0 Å². The monoisotopic (exact) mass is 398 g/mol. The summed E-state index contributed by atoms with van der Waals surface area (Å²) < 4.78 is 32.0. The van der Waals surface area contributed by atoms with Crippen LogP contribution in [0.1, 0.15) is 0 Å². The van der Waals surface area contributed by atoms with Crippen LogP contribution >= 0.6 is 22.6 Å². The van der Waals surface area contributed by atoms with Crippen molar-refractivity contribution < 1.29 is 13.3 Å². The second-order valence-electron chi connectivity index (χ2n) is 4.40. The molecule has 2 N–H and O–H groups in total. The number of anilines is 1. The SMILES string of the molecule is Nc1onc(-c2ccc(F)cc2I)c1-c1ccc(F)cc1. The Morgan fingerprint density at radius 3 is 2.33 bits per heavy atom. The van der Waals surface area contributed by atoms with Crippen LogP contribution in [0, 0.1) is 15.2 Å². The van der Waals surface area contributed by atoms with Crippen LogP contribution in [0.5, 0.6) is 0 Å². The average molecular weight is 398 g/mol. The van der Waals surface area contributed by atoms with E-state index in [1.807, 2.05) is 22.6 Å². The molecular weight excluding hydrogens is 389 g/mol. The number of nitrogens with zero attached hydrogens (tertiary/aromatic N) is 1. The third kappa shape index (κ3) is 2.63. The van der Waals surface area contributed by atoms with E-state index in [0.29, 0.717) is 26.0 Å². The lowest BCUT2D eigenvalue weighted by Crippen LogP contribution is -1.90. The summed E-state index contributed by atoms with van der Waals surface area (Å²) in [6.45, 7) is 0. The van der Waals surface area contributed by atoms with E-state index in [2.05, 4.69) is 5.16 Å². The van der Waals surface area contributed by atoms with Gasteiger partial charge >= 0.3 is 0 Å². The van der Waals surface area contributed by atoms with Crippen molar-refractivity contribution in [2.24, 2.45) is 0 Å². The van der Waals surface area contributed by atoms with E-state index in [1.54, 1.807) is 18.2 Å². The lowest BCUT2D eigenvalue weighted by Gasteiger charge is -2.05. The maximum atomic E-state index is 13.2. The van der Waals surface area contributed by atoms with Crippen LogP contribution in [-0.4, -0.2) is 5.16 Å². The first-order valence-corrected chi connectivity index (χ1v) is 7.10. The molecule has 1 heterocycles. The number of benzene rings is 2. The molecule has 0 saturated heterocycles. The molecule has 0 aliphatic rings. The summed E-state index contributed by atoms with van der Waals surface area (Å²) in [5, 5.41) is 3.95. The Kier molecular flexibility index (Phi) is 3.62. The van der Waals surface area contributed by atoms with Gasteiger partial charge < -0.3 is 10.3 Å². The topological polar surface area (TPSA) is 52.0 Å². The summed E-state index contributed by atoms with van der Waals surface area (Å²) in [7, 11) is 0. The molecule has 1 aromatic heterocycles. The van der Waals surface area contributed by atoms with Gasteiger partial charge in [0.05, 0.1) is 5.56 Å². The quantitative estimate of drug-likeness (QED) is 0.648. The number of nitrogens with two attached hydrogens (primary N) is 1. The predicted molar refractivity (Wildman–Crippen MR) is 84.4 cm³/mol. The number of hydrogen-bond acceptors (Lipinski definition) is 3. The van der Waals surface area contributed by atoms with Crippen molar-refractivity contribution in [1.82, 2.24) is 5.16 Å². The predicted octanol–water partition coefficient (Wildman–Crippen LogP) is 4.47. The Balaban J connectivity index is 2.19. The molecule has 0 unspecified atom stereocenters. The highest BCUT2D eigenvalue weighted by Gasteiger charge is 2.19. The summed E-state index contributed by atoms with van der Waals surface area (Å²) in [5.74, 6) is -0.536. The van der Waals surface area contributed by atoms with Crippen molar-refractivity contribution >= 4 is 28.5 Å². The maximum Gasteiger partial charge on any atom is 0.230 e. The molecule has 3 rings (SSSR count). The van der Waals surface area contributed by atoms with Crippen molar-refractivity contribution in [2.75, 3.05) is 5.73 Å². The summed E-state index contributed by atoms with van der Waals surface area (Å²) in [4.78, 5) is 0. The van der Waals surface area contributed by atoms with E-state index in [0.717, 1.165) is 0 Å². The van der Waals surface area contributed by atoms with Crippen LogP contribution in [0.25, 0.3) is 22.4 Å². The van der Waals surface area contributed by atoms with Crippen LogP contribution in [0.3, 0.4) is 0 Å². The zero-order valence-corrected chi connectivity index (χ0v) is 12.8. The second kappa shape index (κ2) is 5.44. The fourth-order valence-corrected chi connectivity index (χ4v) is 2.80. The molecule has 0 radical (unpaired) electrons. The molecule has 0 aliphatic carbocycles. The molecule has 3 nitrogen and oxygen atoms in total. The molecule has 3 aromatic rings. The number of nitrogen functional groups attached to an aromatic ring is 1. The van der Waals surface area contributed by atoms with E-state index in [4.69, 9.17) is 10.3 Å². The van der Waals surface area contributed by atoms with Crippen molar-refractivity contribution in [2.45, 2.75) is 0 Å². The molecule has 0 amide bonds. The van der Waals surface area contributed by atoms with Gasteiger partial charge in [-0.3, -0.25) is 0 Å². The van der Waals surface area contributed by atoms with Gasteiger partial charge in [-0.25, -0.2) is 8.78 Å². The molecule has 21 heavy (non-hydrogen) atoms. The minimum absolute atomic E-state index is 0.136. The van der Waals surface area contributed by atoms with E-state index in [1.165, 1.54) is 24.3 Å². The maximum absolute atomic E-state index is 13.2. The smallest absolute Gasteiger partial charge is 0.230 e. The van der Waals surface area contributed by atoms with Crippen LogP contribution in [0.4, 0.5) is 14.7 Å². The van der Waals surface area contributed by atoms with Gasteiger partial charge in [-0.15, -0.1) is 0 Å². The highest BCUT2D eigenvalue weighted by Crippen LogP contribution is 2.38. The van der Waals surface area contributed by atoms with Gasteiger partial charge in [0.15, 0.2) is 0 Å². The standard InChI is InChI=1S/C15H9F2IN2O/c16-9-3-1-8(2-4-9)13-14(20-21-15(13)19)11-6-5-10(17)7-12(11)18/h1-7H,19H2. The third-order valence-electron chi connectivity index (χ3n) is 3.04. The van der Waals surface area contributed by atoms with Gasteiger partial charge in [-0.1, -0.05) is 17.3 Å². The lowest BCUT2D eigenvalue weighted by molar-refractivity contribution is 0.439. The van der Waals surface area contributed by atoms with E-state index in [9.17, 15) is 8.78 Å². The van der Waals surface area contributed by atoms with E-state index < -0.39 is 0 Å². The van der Waals surface area contributed by atoms with Gasteiger partial charge in [-0.05, 0) is 58.5 Å². The van der Waals surface area contributed by atoms with Crippen LogP contribution in [-0.2, 0) is 0 Å².